The number of methoxy groups -OCH3 is 1. The second-order valence-corrected chi connectivity index (χ2v) is 8.57. The summed E-state index contributed by atoms with van der Waals surface area (Å²) in [5.74, 6) is -0.714. The van der Waals surface area contributed by atoms with Crippen LogP contribution in [0.1, 0.15) is 22.5 Å². The summed E-state index contributed by atoms with van der Waals surface area (Å²) in [5, 5.41) is 16.5. The minimum absolute atomic E-state index is 0.0133. The molecule has 11 heteroatoms. The second kappa shape index (κ2) is 9.97. The Morgan fingerprint density at radius 1 is 1.11 bits per heavy atom. The first-order valence-electron chi connectivity index (χ1n) is 11.3. The highest BCUT2D eigenvalue weighted by Gasteiger charge is 2.35. The van der Waals surface area contributed by atoms with Crippen LogP contribution in [0.5, 0.6) is 5.75 Å². The van der Waals surface area contributed by atoms with Crippen molar-refractivity contribution in [3.05, 3.63) is 86.9 Å². The Morgan fingerprint density at radius 3 is 2.46 bits per heavy atom. The van der Waals surface area contributed by atoms with Gasteiger partial charge in [-0.05, 0) is 56.7 Å². The van der Waals surface area contributed by atoms with E-state index in [1.54, 1.807) is 29.7 Å². The van der Waals surface area contributed by atoms with Crippen molar-refractivity contribution < 1.29 is 24.0 Å². The minimum Gasteiger partial charge on any atom is -0.495 e. The lowest BCUT2D eigenvalue weighted by Crippen LogP contribution is -2.38. The van der Waals surface area contributed by atoms with Crippen LogP contribution in [0.15, 0.2) is 54.2 Å². The largest absolute Gasteiger partial charge is 0.495 e. The monoisotopic (exact) mass is 503 g/mol. The van der Waals surface area contributed by atoms with Gasteiger partial charge in [0.25, 0.3) is 11.6 Å². The topological polar surface area (TPSA) is 136 Å². The number of anilines is 1. The number of amides is 4. The van der Waals surface area contributed by atoms with Crippen molar-refractivity contribution in [1.82, 2.24) is 14.8 Å². The number of nitro benzene ring substituents is 1. The summed E-state index contributed by atoms with van der Waals surface area (Å²) in [5.41, 5.74) is 3.98. The number of hydrogen-bond donors (Lipinski definition) is 2. The molecule has 1 fully saturated rings. The first kappa shape index (κ1) is 25.2. The van der Waals surface area contributed by atoms with Crippen LogP contribution in [0.2, 0.25) is 0 Å². The van der Waals surface area contributed by atoms with Crippen molar-refractivity contribution in [2.45, 2.75) is 20.8 Å². The van der Waals surface area contributed by atoms with Crippen LogP contribution < -0.4 is 15.4 Å². The maximum absolute atomic E-state index is 12.9. The summed E-state index contributed by atoms with van der Waals surface area (Å²) in [7, 11) is 1.47. The second-order valence-electron chi connectivity index (χ2n) is 8.57. The highest BCUT2D eigenvalue weighted by atomic mass is 16.6. The van der Waals surface area contributed by atoms with Gasteiger partial charge in [-0.25, -0.2) is 9.69 Å². The third kappa shape index (κ3) is 5.06. The van der Waals surface area contributed by atoms with E-state index < -0.39 is 29.3 Å². The molecule has 37 heavy (non-hydrogen) atoms. The number of nitrogens with one attached hydrogen (secondary N) is 2. The highest BCUT2D eigenvalue weighted by Crippen LogP contribution is 2.32. The molecular formula is C26H25N5O6. The number of benzene rings is 2. The minimum atomic E-state index is -0.704. The molecule has 190 valence electrons. The molecular weight excluding hydrogens is 478 g/mol. The fourth-order valence-corrected chi connectivity index (χ4v) is 4.12. The molecule has 11 nitrogen and oxygen atoms in total. The molecule has 1 aromatic heterocycles. The van der Waals surface area contributed by atoms with Crippen LogP contribution in [0.25, 0.3) is 11.8 Å². The van der Waals surface area contributed by atoms with E-state index in [1.165, 1.54) is 31.4 Å². The van der Waals surface area contributed by atoms with E-state index in [2.05, 4.69) is 10.6 Å². The molecule has 1 saturated heterocycles. The Hall–Kier alpha value is -4.93. The van der Waals surface area contributed by atoms with Crippen LogP contribution in [0.4, 0.5) is 16.2 Å². The van der Waals surface area contributed by atoms with Crippen LogP contribution in [-0.2, 0) is 9.59 Å². The van der Waals surface area contributed by atoms with Crippen LogP contribution in [-0.4, -0.2) is 45.9 Å². The number of ether oxygens (including phenoxy) is 1. The van der Waals surface area contributed by atoms with Gasteiger partial charge in [0.15, 0.2) is 0 Å². The third-order valence-corrected chi connectivity index (χ3v) is 5.98. The summed E-state index contributed by atoms with van der Waals surface area (Å²) < 4.78 is 7.17. The lowest BCUT2D eigenvalue weighted by Gasteiger charge is -2.14. The first-order valence-corrected chi connectivity index (χ1v) is 11.3. The molecule has 0 radical (unpaired) electrons. The van der Waals surface area contributed by atoms with E-state index in [0.29, 0.717) is 28.4 Å². The zero-order valence-corrected chi connectivity index (χ0v) is 20.7. The number of carbonyl (C=O) groups excluding carboxylic acids is 3. The van der Waals surface area contributed by atoms with E-state index in [0.717, 1.165) is 16.2 Å². The normalized spacial score (nSPS) is 14.2. The number of aromatic nitrogens is 1. The fraction of sp³-hybridized carbons (Fsp3) is 0.192. The molecule has 0 unspecified atom stereocenters. The van der Waals surface area contributed by atoms with Gasteiger partial charge >= 0.3 is 6.03 Å². The number of nitro groups is 1. The van der Waals surface area contributed by atoms with E-state index in [9.17, 15) is 24.5 Å². The molecule has 0 aliphatic carbocycles. The zero-order chi connectivity index (χ0) is 26.9. The Bertz CT molecular complexity index is 1450. The summed E-state index contributed by atoms with van der Waals surface area (Å²) in [4.78, 5) is 49.5. The quantitative estimate of drug-likeness (QED) is 0.218. The van der Waals surface area contributed by atoms with Crippen molar-refractivity contribution in [1.29, 1.82) is 0 Å². The molecule has 0 atom stereocenters. The summed E-state index contributed by atoms with van der Waals surface area (Å²) >= 11 is 0. The number of aryl methyl sites for hydroxylation is 2. The summed E-state index contributed by atoms with van der Waals surface area (Å²) in [6.07, 6.45) is 1.51. The van der Waals surface area contributed by atoms with Crippen molar-refractivity contribution in [2.75, 3.05) is 19.0 Å². The van der Waals surface area contributed by atoms with Gasteiger partial charge in [0.1, 0.15) is 18.0 Å². The number of hydrogen-bond acceptors (Lipinski definition) is 6. The smallest absolute Gasteiger partial charge is 0.329 e. The molecule has 0 bridgehead atoms. The number of carbonyl (C=O) groups is 3. The molecule has 2 heterocycles. The van der Waals surface area contributed by atoms with Crippen LogP contribution in [0.3, 0.4) is 0 Å². The van der Waals surface area contributed by atoms with E-state index in [1.807, 2.05) is 26.0 Å². The molecule has 2 N–H and O–H groups in total. The molecule has 0 saturated carbocycles. The maximum atomic E-state index is 12.9. The SMILES string of the molecule is COc1ccc([N+](=O)[O-])cc1-n1c(C)cc(C=C2NC(=O)N(CC(=O)Nc3ccc(C)cc3)C2=O)c1C. The Kier molecular flexibility index (Phi) is 6.79. The van der Waals surface area contributed by atoms with Crippen LogP contribution >= 0.6 is 0 Å². The lowest BCUT2D eigenvalue weighted by molar-refractivity contribution is -0.384. The van der Waals surface area contributed by atoms with Crippen molar-refractivity contribution in [3.8, 4) is 11.4 Å². The van der Waals surface area contributed by atoms with Crippen LogP contribution in [0, 0.1) is 30.9 Å². The third-order valence-electron chi connectivity index (χ3n) is 5.98. The van der Waals surface area contributed by atoms with Gasteiger partial charge in [-0.2, -0.15) is 0 Å². The van der Waals surface area contributed by atoms with Crippen molar-refractivity contribution in [2.24, 2.45) is 0 Å². The molecule has 3 aromatic rings. The van der Waals surface area contributed by atoms with E-state index in [-0.39, 0.29) is 11.4 Å². The van der Waals surface area contributed by atoms with Crippen molar-refractivity contribution in [3.63, 3.8) is 0 Å². The number of rotatable bonds is 7. The van der Waals surface area contributed by atoms with Crippen molar-refractivity contribution >= 4 is 35.3 Å². The standard InChI is InChI=1S/C26H25N5O6/c1-15-5-7-19(8-6-15)27-24(32)14-29-25(33)21(28-26(29)34)12-18-11-16(2)30(17(18)3)22-13-20(31(35)36)9-10-23(22)37-4/h5-13H,14H2,1-4H3,(H,27,32)(H,28,34). The average molecular weight is 504 g/mol. The molecule has 2 aromatic carbocycles. The fourth-order valence-electron chi connectivity index (χ4n) is 4.12. The molecule has 1 aliphatic heterocycles. The number of urea groups is 1. The number of imide groups is 1. The van der Waals surface area contributed by atoms with Gasteiger partial charge in [0, 0.05) is 29.2 Å². The van der Waals surface area contributed by atoms with Gasteiger partial charge in [-0.3, -0.25) is 19.7 Å². The van der Waals surface area contributed by atoms with Gasteiger partial charge in [-0.1, -0.05) is 17.7 Å². The molecule has 0 spiro atoms. The summed E-state index contributed by atoms with van der Waals surface area (Å²) in [6, 6.07) is 12.5. The lowest BCUT2D eigenvalue weighted by atomic mass is 10.2. The number of nitrogens with zero attached hydrogens (tertiary/aromatic N) is 3. The Morgan fingerprint density at radius 2 is 1.81 bits per heavy atom. The summed E-state index contributed by atoms with van der Waals surface area (Å²) in [6.45, 7) is 5.07. The van der Waals surface area contributed by atoms with Gasteiger partial charge in [0.2, 0.25) is 5.91 Å². The van der Waals surface area contributed by atoms with E-state index in [4.69, 9.17) is 4.74 Å². The average Bonchev–Trinajstić information content (AvgIpc) is 3.28. The number of non-ortho nitro benzene ring substituents is 1. The van der Waals surface area contributed by atoms with Gasteiger partial charge < -0.3 is 19.9 Å². The Balaban J connectivity index is 1.58. The highest BCUT2D eigenvalue weighted by molar-refractivity contribution is 6.16. The first-order chi connectivity index (χ1) is 17.6. The predicted molar refractivity (Wildman–Crippen MR) is 136 cm³/mol. The van der Waals surface area contributed by atoms with E-state index >= 15 is 0 Å². The zero-order valence-electron chi connectivity index (χ0n) is 20.7. The van der Waals surface area contributed by atoms with Gasteiger partial charge in [0.05, 0.1) is 17.7 Å². The molecule has 4 amide bonds. The van der Waals surface area contributed by atoms with Gasteiger partial charge in [-0.15, -0.1) is 0 Å². The maximum Gasteiger partial charge on any atom is 0.329 e. The predicted octanol–water partition coefficient (Wildman–Crippen LogP) is 3.85. The molecule has 1 aliphatic rings. The Labute approximate surface area is 212 Å². The molecule has 4 rings (SSSR count).